The first-order valence-electron chi connectivity index (χ1n) is 10.9. The molecule has 0 heterocycles. The van der Waals surface area contributed by atoms with Crippen LogP contribution in [-0.2, 0) is 20.6 Å². The van der Waals surface area contributed by atoms with Crippen molar-refractivity contribution in [2.75, 3.05) is 21.3 Å². The summed E-state index contributed by atoms with van der Waals surface area (Å²) in [6.07, 6.45) is 8.52. The maximum atomic E-state index is 13.9. The Morgan fingerprint density at radius 2 is 1.03 bits per heavy atom. The molecule has 180 valence electrons. The molecule has 1 aromatic carbocycles. The molecule has 0 aliphatic rings. The molecular formula is C23H35F5O3. The van der Waals surface area contributed by atoms with Gasteiger partial charge in [0, 0.05) is 32.8 Å². The smallest absolute Gasteiger partial charge is 0.285 e. The van der Waals surface area contributed by atoms with Gasteiger partial charge in [-0.1, -0.05) is 51.9 Å². The lowest BCUT2D eigenvalue weighted by Crippen LogP contribution is -2.44. The van der Waals surface area contributed by atoms with E-state index in [1.165, 1.54) is 40.6 Å². The van der Waals surface area contributed by atoms with Crippen LogP contribution < -0.4 is 0 Å². The zero-order chi connectivity index (χ0) is 23.4. The van der Waals surface area contributed by atoms with Gasteiger partial charge < -0.3 is 14.2 Å². The first kappa shape index (κ1) is 27.8. The number of rotatable bonds is 16. The molecule has 8 heteroatoms. The van der Waals surface area contributed by atoms with Crippen LogP contribution in [0.2, 0.25) is 0 Å². The molecule has 0 aliphatic carbocycles. The van der Waals surface area contributed by atoms with E-state index in [4.69, 9.17) is 14.2 Å². The Balaban J connectivity index is 2.72. The Bertz CT molecular complexity index is 628. The fourth-order valence-corrected chi connectivity index (χ4v) is 3.98. The van der Waals surface area contributed by atoms with Crippen molar-refractivity contribution in [3.8, 4) is 0 Å². The van der Waals surface area contributed by atoms with E-state index in [0.29, 0.717) is 12.8 Å². The summed E-state index contributed by atoms with van der Waals surface area (Å²) in [5.41, 5.74) is -0.777. The number of halogens is 5. The second-order valence-electron chi connectivity index (χ2n) is 7.76. The Kier molecular flexibility index (Phi) is 12.6. The highest BCUT2D eigenvalue weighted by Crippen LogP contribution is 2.33. The van der Waals surface area contributed by atoms with Crippen molar-refractivity contribution in [2.45, 2.75) is 83.5 Å². The van der Waals surface area contributed by atoms with Gasteiger partial charge in [-0.2, -0.15) is 0 Å². The third-order valence-electron chi connectivity index (χ3n) is 5.79. The lowest BCUT2D eigenvalue weighted by atomic mass is 9.91. The summed E-state index contributed by atoms with van der Waals surface area (Å²) in [5, 5.41) is 0. The van der Waals surface area contributed by atoms with Gasteiger partial charge in [0.15, 0.2) is 23.3 Å². The average Bonchev–Trinajstić information content (AvgIpc) is 2.78. The highest BCUT2D eigenvalue weighted by atomic mass is 19.2. The number of ether oxygens (including phenoxy) is 3. The van der Waals surface area contributed by atoms with Gasteiger partial charge in [-0.05, 0) is 25.7 Å². The molecule has 0 N–H and O–H groups in total. The normalized spacial score (nSPS) is 13.1. The number of hydrogen-bond acceptors (Lipinski definition) is 3. The molecule has 1 aromatic rings. The van der Waals surface area contributed by atoms with Crippen molar-refractivity contribution in [3.05, 3.63) is 34.6 Å². The van der Waals surface area contributed by atoms with Gasteiger partial charge in [0.05, 0.1) is 0 Å². The standard InChI is InChI=1S/C23H35F5O3/c1-5-6-7-8-9-10-13-16(23(29-2,30-3)31-4)14-11-12-15-17-18(24)20(26)22(28)21(27)19(17)25/h16H,5-15H2,1-4H3. The zero-order valence-corrected chi connectivity index (χ0v) is 19.0. The van der Waals surface area contributed by atoms with Gasteiger partial charge in [0.1, 0.15) is 0 Å². The Labute approximate surface area is 182 Å². The molecule has 0 aromatic heterocycles. The van der Waals surface area contributed by atoms with E-state index in [1.54, 1.807) is 0 Å². The van der Waals surface area contributed by atoms with Gasteiger partial charge >= 0.3 is 0 Å². The predicted octanol–water partition coefficient (Wildman–Crippen LogP) is 7.05. The van der Waals surface area contributed by atoms with Crippen molar-refractivity contribution in [3.63, 3.8) is 0 Å². The molecule has 0 saturated carbocycles. The van der Waals surface area contributed by atoms with E-state index >= 15 is 0 Å². The monoisotopic (exact) mass is 454 g/mol. The summed E-state index contributed by atoms with van der Waals surface area (Å²) in [4.78, 5) is 0. The number of methoxy groups -OCH3 is 3. The van der Waals surface area contributed by atoms with E-state index in [0.717, 1.165) is 25.7 Å². The van der Waals surface area contributed by atoms with Crippen LogP contribution in [-0.4, -0.2) is 27.3 Å². The minimum atomic E-state index is -2.14. The number of benzene rings is 1. The largest absolute Gasteiger partial charge is 0.331 e. The van der Waals surface area contributed by atoms with E-state index < -0.39 is 40.6 Å². The summed E-state index contributed by atoms with van der Waals surface area (Å²) < 4.78 is 84.1. The van der Waals surface area contributed by atoms with Gasteiger partial charge in [-0.15, -0.1) is 0 Å². The summed E-state index contributed by atoms with van der Waals surface area (Å²) >= 11 is 0. The minimum Gasteiger partial charge on any atom is -0.331 e. The van der Waals surface area contributed by atoms with Gasteiger partial charge in [0.2, 0.25) is 5.82 Å². The summed E-state index contributed by atoms with van der Waals surface area (Å²) in [6, 6.07) is 0. The lowest BCUT2D eigenvalue weighted by molar-refractivity contribution is -0.380. The molecule has 0 saturated heterocycles. The Hall–Kier alpha value is -1.25. The lowest BCUT2D eigenvalue weighted by Gasteiger charge is -2.36. The van der Waals surface area contributed by atoms with Crippen LogP contribution in [0.1, 0.15) is 76.7 Å². The van der Waals surface area contributed by atoms with Crippen molar-refractivity contribution >= 4 is 0 Å². The molecule has 1 atom stereocenters. The molecule has 0 fully saturated rings. The molecule has 3 nitrogen and oxygen atoms in total. The van der Waals surface area contributed by atoms with Crippen LogP contribution in [0.15, 0.2) is 0 Å². The maximum Gasteiger partial charge on any atom is 0.285 e. The number of unbranched alkanes of at least 4 members (excludes halogenated alkanes) is 6. The van der Waals surface area contributed by atoms with E-state index in [-0.39, 0.29) is 18.8 Å². The van der Waals surface area contributed by atoms with Gasteiger partial charge in [-0.3, -0.25) is 0 Å². The molecule has 0 bridgehead atoms. The highest BCUT2D eigenvalue weighted by Gasteiger charge is 2.39. The second-order valence-corrected chi connectivity index (χ2v) is 7.76. The van der Waals surface area contributed by atoms with E-state index in [1.807, 2.05) is 0 Å². The van der Waals surface area contributed by atoms with Crippen molar-refractivity contribution in [1.82, 2.24) is 0 Å². The molecule has 0 radical (unpaired) electrons. The molecule has 0 spiro atoms. The average molecular weight is 455 g/mol. The van der Waals surface area contributed by atoms with Crippen LogP contribution in [0.25, 0.3) is 0 Å². The molecule has 0 aliphatic heterocycles. The molecular weight excluding hydrogens is 419 g/mol. The van der Waals surface area contributed by atoms with Crippen LogP contribution in [0.3, 0.4) is 0 Å². The maximum absolute atomic E-state index is 13.9. The summed E-state index contributed by atoms with van der Waals surface area (Å²) in [5.74, 6) is -10.9. The topological polar surface area (TPSA) is 27.7 Å². The highest BCUT2D eigenvalue weighted by molar-refractivity contribution is 5.24. The molecule has 0 amide bonds. The van der Waals surface area contributed by atoms with Crippen LogP contribution in [0.4, 0.5) is 22.0 Å². The first-order chi connectivity index (χ1) is 14.8. The fraction of sp³-hybridized carbons (Fsp3) is 0.739. The second kappa shape index (κ2) is 14.0. The van der Waals surface area contributed by atoms with Crippen molar-refractivity contribution < 1.29 is 36.2 Å². The third kappa shape index (κ3) is 7.39. The predicted molar refractivity (Wildman–Crippen MR) is 109 cm³/mol. The third-order valence-corrected chi connectivity index (χ3v) is 5.79. The Morgan fingerprint density at radius 3 is 1.52 bits per heavy atom. The van der Waals surface area contributed by atoms with Gasteiger partial charge in [0.25, 0.3) is 5.97 Å². The van der Waals surface area contributed by atoms with E-state index in [9.17, 15) is 22.0 Å². The Morgan fingerprint density at radius 1 is 0.613 bits per heavy atom. The fourth-order valence-electron chi connectivity index (χ4n) is 3.98. The summed E-state index contributed by atoms with van der Waals surface area (Å²) in [6.45, 7) is 2.16. The first-order valence-corrected chi connectivity index (χ1v) is 10.9. The van der Waals surface area contributed by atoms with E-state index in [2.05, 4.69) is 6.92 Å². The summed E-state index contributed by atoms with van der Waals surface area (Å²) in [7, 11) is 4.45. The SMILES string of the molecule is CCCCCCCCC(CCCCc1c(F)c(F)c(F)c(F)c1F)C(OC)(OC)OC. The van der Waals surface area contributed by atoms with Crippen LogP contribution >= 0.6 is 0 Å². The molecule has 1 rings (SSSR count). The van der Waals surface area contributed by atoms with Crippen molar-refractivity contribution in [1.29, 1.82) is 0 Å². The minimum absolute atomic E-state index is 0.143. The van der Waals surface area contributed by atoms with Gasteiger partial charge in [-0.25, -0.2) is 22.0 Å². The quantitative estimate of drug-likeness (QED) is 0.0880. The van der Waals surface area contributed by atoms with Crippen LogP contribution in [0, 0.1) is 35.0 Å². The number of hydrogen-bond donors (Lipinski definition) is 0. The molecule has 31 heavy (non-hydrogen) atoms. The molecule has 1 unspecified atom stereocenters. The van der Waals surface area contributed by atoms with Crippen molar-refractivity contribution in [2.24, 2.45) is 5.92 Å². The van der Waals surface area contributed by atoms with Crippen LogP contribution in [0.5, 0.6) is 0 Å². The zero-order valence-electron chi connectivity index (χ0n) is 19.0.